The summed E-state index contributed by atoms with van der Waals surface area (Å²) in [5.41, 5.74) is 3.61. The molecular weight excluding hydrogens is 270 g/mol. The highest BCUT2D eigenvalue weighted by atomic mass is 16.6. The Bertz CT molecular complexity index is 717. The number of hydrogen-bond acceptors (Lipinski definition) is 4. The first kappa shape index (κ1) is 14.8. The summed E-state index contributed by atoms with van der Waals surface area (Å²) < 4.78 is 7.25. The molecule has 0 amide bonds. The molecular formula is C15H17N3O3. The molecule has 0 aliphatic rings. The molecule has 6 nitrogen and oxygen atoms in total. The Morgan fingerprint density at radius 3 is 2.57 bits per heavy atom. The summed E-state index contributed by atoms with van der Waals surface area (Å²) in [4.78, 5) is 14.7. The van der Waals surface area contributed by atoms with Gasteiger partial charge < -0.3 is 9.30 Å². The number of aromatic nitrogens is 1. The predicted molar refractivity (Wildman–Crippen MR) is 81.8 cm³/mol. The quantitative estimate of drug-likeness (QED) is 0.492. The van der Waals surface area contributed by atoms with Gasteiger partial charge in [-0.25, -0.2) is 0 Å². The molecule has 0 fully saturated rings. The Morgan fingerprint density at radius 2 is 2.05 bits per heavy atom. The molecule has 110 valence electrons. The zero-order chi connectivity index (χ0) is 15.6. The van der Waals surface area contributed by atoms with Crippen molar-refractivity contribution in [3.05, 3.63) is 51.3 Å². The number of benzene rings is 1. The minimum atomic E-state index is -0.448. The van der Waals surface area contributed by atoms with Crippen LogP contribution in [0.3, 0.4) is 0 Å². The van der Waals surface area contributed by atoms with Crippen molar-refractivity contribution in [2.45, 2.75) is 13.8 Å². The molecule has 1 aromatic heterocycles. The molecule has 0 atom stereocenters. The SMILES string of the molecule is COc1ccc([N+](=O)[O-])cc1N=Cc1cc(C)n(C)c1C. The average Bonchev–Trinajstić information content (AvgIpc) is 2.72. The summed E-state index contributed by atoms with van der Waals surface area (Å²) in [6.07, 6.45) is 1.70. The number of nitrogens with zero attached hydrogens (tertiary/aromatic N) is 3. The monoisotopic (exact) mass is 287 g/mol. The maximum absolute atomic E-state index is 10.8. The maximum Gasteiger partial charge on any atom is 0.271 e. The molecule has 1 aromatic carbocycles. The van der Waals surface area contributed by atoms with Gasteiger partial charge in [0.05, 0.1) is 12.0 Å². The van der Waals surface area contributed by atoms with Crippen LogP contribution in [-0.2, 0) is 7.05 Å². The van der Waals surface area contributed by atoms with Crippen molar-refractivity contribution >= 4 is 17.6 Å². The van der Waals surface area contributed by atoms with E-state index in [1.165, 1.54) is 19.2 Å². The van der Waals surface area contributed by atoms with E-state index < -0.39 is 4.92 Å². The number of non-ortho nitro benzene ring substituents is 1. The van der Waals surface area contributed by atoms with E-state index in [9.17, 15) is 10.1 Å². The number of nitro groups is 1. The Hall–Kier alpha value is -2.63. The third kappa shape index (κ3) is 2.94. The van der Waals surface area contributed by atoms with Crippen molar-refractivity contribution in [3.8, 4) is 5.75 Å². The fraction of sp³-hybridized carbons (Fsp3) is 0.267. The second-order valence-corrected chi connectivity index (χ2v) is 4.76. The predicted octanol–water partition coefficient (Wildman–Crippen LogP) is 3.31. The van der Waals surface area contributed by atoms with E-state index in [1.807, 2.05) is 27.0 Å². The van der Waals surface area contributed by atoms with Crippen LogP contribution in [0.4, 0.5) is 11.4 Å². The first-order valence-corrected chi connectivity index (χ1v) is 6.43. The van der Waals surface area contributed by atoms with Gasteiger partial charge in [-0.3, -0.25) is 15.1 Å². The highest BCUT2D eigenvalue weighted by Gasteiger charge is 2.11. The minimum absolute atomic E-state index is 0.0103. The number of nitro benzene ring substituents is 1. The van der Waals surface area contributed by atoms with Crippen LogP contribution in [-0.4, -0.2) is 22.8 Å². The highest BCUT2D eigenvalue weighted by Crippen LogP contribution is 2.31. The molecule has 6 heteroatoms. The first-order valence-electron chi connectivity index (χ1n) is 6.43. The van der Waals surface area contributed by atoms with E-state index in [1.54, 1.807) is 12.3 Å². The Balaban J connectivity index is 2.41. The maximum atomic E-state index is 10.8. The molecule has 0 radical (unpaired) electrons. The van der Waals surface area contributed by atoms with E-state index in [0.29, 0.717) is 11.4 Å². The smallest absolute Gasteiger partial charge is 0.271 e. The van der Waals surface area contributed by atoms with E-state index in [4.69, 9.17) is 4.74 Å². The Labute approximate surface area is 122 Å². The van der Waals surface area contributed by atoms with E-state index in [2.05, 4.69) is 9.56 Å². The Morgan fingerprint density at radius 1 is 1.33 bits per heavy atom. The summed E-state index contributed by atoms with van der Waals surface area (Å²) in [6, 6.07) is 6.37. The third-order valence-electron chi connectivity index (χ3n) is 3.53. The van der Waals surface area contributed by atoms with Gasteiger partial charge in [0.15, 0.2) is 0 Å². The van der Waals surface area contributed by atoms with Crippen LogP contribution < -0.4 is 4.74 Å². The number of hydrogen-bond donors (Lipinski definition) is 0. The minimum Gasteiger partial charge on any atom is -0.494 e. The molecule has 2 aromatic rings. The fourth-order valence-corrected chi connectivity index (χ4v) is 2.05. The molecule has 0 saturated carbocycles. The topological polar surface area (TPSA) is 69.7 Å². The Kier molecular flexibility index (Phi) is 4.07. The lowest BCUT2D eigenvalue weighted by molar-refractivity contribution is -0.384. The molecule has 2 rings (SSSR count). The van der Waals surface area contributed by atoms with Gasteiger partial charge in [-0.1, -0.05) is 0 Å². The van der Waals surface area contributed by atoms with Gasteiger partial charge in [-0.15, -0.1) is 0 Å². The molecule has 0 aliphatic carbocycles. The summed E-state index contributed by atoms with van der Waals surface area (Å²) in [5.74, 6) is 0.502. The number of ether oxygens (including phenoxy) is 1. The third-order valence-corrected chi connectivity index (χ3v) is 3.53. The van der Waals surface area contributed by atoms with Crippen LogP contribution in [0, 0.1) is 24.0 Å². The average molecular weight is 287 g/mol. The lowest BCUT2D eigenvalue weighted by Crippen LogP contribution is -1.94. The second kappa shape index (κ2) is 5.78. The second-order valence-electron chi connectivity index (χ2n) is 4.76. The van der Waals surface area contributed by atoms with Crippen molar-refractivity contribution in [2.75, 3.05) is 7.11 Å². The summed E-state index contributed by atoms with van der Waals surface area (Å²) >= 11 is 0. The van der Waals surface area contributed by atoms with Gasteiger partial charge >= 0.3 is 0 Å². The summed E-state index contributed by atoms with van der Waals surface area (Å²) in [7, 11) is 3.49. The van der Waals surface area contributed by atoms with Crippen molar-refractivity contribution in [1.82, 2.24) is 4.57 Å². The van der Waals surface area contributed by atoms with Gasteiger partial charge in [0, 0.05) is 42.3 Å². The molecule has 0 saturated heterocycles. The number of rotatable bonds is 4. The molecule has 0 N–H and O–H groups in total. The van der Waals surface area contributed by atoms with Crippen molar-refractivity contribution in [3.63, 3.8) is 0 Å². The summed E-state index contributed by atoms with van der Waals surface area (Å²) in [6.45, 7) is 4.01. The van der Waals surface area contributed by atoms with Crippen molar-refractivity contribution in [1.29, 1.82) is 0 Å². The van der Waals surface area contributed by atoms with Crippen molar-refractivity contribution in [2.24, 2.45) is 12.0 Å². The first-order chi connectivity index (χ1) is 9.93. The van der Waals surface area contributed by atoms with Crippen LogP contribution in [0.2, 0.25) is 0 Å². The van der Waals surface area contributed by atoms with Crippen LogP contribution in [0.5, 0.6) is 5.75 Å². The van der Waals surface area contributed by atoms with Gasteiger partial charge in [0.1, 0.15) is 11.4 Å². The fourth-order valence-electron chi connectivity index (χ4n) is 2.05. The van der Waals surface area contributed by atoms with Gasteiger partial charge in [-0.2, -0.15) is 0 Å². The molecule has 0 aliphatic heterocycles. The standard InChI is InChI=1S/C15H17N3O3/c1-10-7-12(11(2)17(10)3)9-16-14-8-13(18(19)20)5-6-15(14)21-4/h5-9H,1-4H3. The van der Waals surface area contributed by atoms with Crippen LogP contribution in [0.15, 0.2) is 29.3 Å². The molecule has 0 bridgehead atoms. The van der Waals surface area contributed by atoms with Crippen LogP contribution in [0.1, 0.15) is 17.0 Å². The zero-order valence-electron chi connectivity index (χ0n) is 12.5. The number of methoxy groups -OCH3 is 1. The number of aliphatic imine (C=N–C) groups is 1. The lowest BCUT2D eigenvalue weighted by Gasteiger charge is -2.03. The highest BCUT2D eigenvalue weighted by molar-refractivity contribution is 5.84. The van der Waals surface area contributed by atoms with Gasteiger partial charge in [-0.05, 0) is 26.0 Å². The van der Waals surface area contributed by atoms with Gasteiger partial charge in [0.25, 0.3) is 5.69 Å². The van der Waals surface area contributed by atoms with Crippen molar-refractivity contribution < 1.29 is 9.66 Å². The van der Waals surface area contributed by atoms with E-state index in [0.717, 1.165) is 17.0 Å². The largest absolute Gasteiger partial charge is 0.494 e. The molecule has 1 heterocycles. The lowest BCUT2D eigenvalue weighted by atomic mass is 10.2. The molecule has 0 spiro atoms. The summed E-state index contributed by atoms with van der Waals surface area (Å²) in [5, 5.41) is 10.8. The molecule has 21 heavy (non-hydrogen) atoms. The van der Waals surface area contributed by atoms with E-state index >= 15 is 0 Å². The van der Waals surface area contributed by atoms with Crippen LogP contribution in [0.25, 0.3) is 0 Å². The number of aryl methyl sites for hydroxylation is 1. The van der Waals surface area contributed by atoms with Crippen LogP contribution >= 0.6 is 0 Å². The van der Waals surface area contributed by atoms with Gasteiger partial charge in [0.2, 0.25) is 0 Å². The van der Waals surface area contributed by atoms with E-state index in [-0.39, 0.29) is 5.69 Å². The molecule has 0 unspecified atom stereocenters. The zero-order valence-corrected chi connectivity index (χ0v) is 12.5. The normalized spacial score (nSPS) is 11.0.